The molecule has 2 atom stereocenters. The highest BCUT2D eigenvalue weighted by atomic mass is 16.2. The van der Waals surface area contributed by atoms with Crippen molar-refractivity contribution < 1.29 is 4.79 Å². The van der Waals surface area contributed by atoms with Gasteiger partial charge in [-0.25, -0.2) is 0 Å². The van der Waals surface area contributed by atoms with E-state index in [9.17, 15) is 4.79 Å². The predicted octanol–water partition coefficient (Wildman–Crippen LogP) is 0.982. The van der Waals surface area contributed by atoms with Crippen LogP contribution < -0.4 is 5.73 Å². The lowest BCUT2D eigenvalue weighted by Gasteiger charge is -2.31. The van der Waals surface area contributed by atoms with E-state index >= 15 is 0 Å². The van der Waals surface area contributed by atoms with Gasteiger partial charge in [0.05, 0.1) is 0 Å². The monoisotopic (exact) mass is 196 g/mol. The van der Waals surface area contributed by atoms with Crippen LogP contribution in [-0.4, -0.2) is 29.9 Å². The third-order valence-corrected chi connectivity index (χ3v) is 3.58. The van der Waals surface area contributed by atoms with Gasteiger partial charge in [0.1, 0.15) is 0 Å². The Morgan fingerprint density at radius 3 is 2.64 bits per heavy atom. The molecule has 2 N–H and O–H groups in total. The summed E-state index contributed by atoms with van der Waals surface area (Å²) in [5.41, 5.74) is 6.11. The molecule has 3 heteroatoms. The molecule has 0 aromatic carbocycles. The number of rotatable bonds is 1. The Bertz CT molecular complexity index is 250. The molecule has 2 fully saturated rings. The molecule has 80 valence electrons. The Hall–Kier alpha value is -0.570. The Morgan fingerprint density at radius 2 is 2.14 bits per heavy atom. The van der Waals surface area contributed by atoms with Crippen LogP contribution in [0.5, 0.6) is 0 Å². The van der Waals surface area contributed by atoms with E-state index in [4.69, 9.17) is 5.73 Å². The van der Waals surface area contributed by atoms with Crippen molar-refractivity contribution in [3.8, 4) is 0 Å². The first kappa shape index (κ1) is 9.97. The average Bonchev–Trinajstić information content (AvgIpc) is 2.74. The third-order valence-electron chi connectivity index (χ3n) is 3.58. The number of likely N-dealkylation sites (tertiary alicyclic amines) is 1. The zero-order valence-corrected chi connectivity index (χ0v) is 9.12. The zero-order valence-electron chi connectivity index (χ0n) is 9.12. The molecule has 2 unspecified atom stereocenters. The predicted molar refractivity (Wildman–Crippen MR) is 55.7 cm³/mol. The van der Waals surface area contributed by atoms with Crippen molar-refractivity contribution in [1.29, 1.82) is 0 Å². The summed E-state index contributed by atoms with van der Waals surface area (Å²) in [6.45, 7) is 6.02. The van der Waals surface area contributed by atoms with Crippen LogP contribution in [-0.2, 0) is 4.79 Å². The van der Waals surface area contributed by atoms with Crippen molar-refractivity contribution in [1.82, 2.24) is 4.90 Å². The van der Waals surface area contributed by atoms with Gasteiger partial charge in [-0.15, -0.1) is 0 Å². The number of piperidine rings is 1. The van der Waals surface area contributed by atoms with Gasteiger partial charge >= 0.3 is 0 Å². The Morgan fingerprint density at radius 1 is 1.50 bits per heavy atom. The van der Waals surface area contributed by atoms with Crippen molar-refractivity contribution in [2.45, 2.75) is 39.2 Å². The molecule has 2 aliphatic rings. The van der Waals surface area contributed by atoms with E-state index in [0.717, 1.165) is 32.4 Å². The van der Waals surface area contributed by atoms with Crippen LogP contribution in [0.3, 0.4) is 0 Å². The van der Waals surface area contributed by atoms with E-state index in [1.165, 1.54) is 0 Å². The molecule has 1 heterocycles. The van der Waals surface area contributed by atoms with Crippen molar-refractivity contribution >= 4 is 5.91 Å². The van der Waals surface area contributed by atoms with Crippen molar-refractivity contribution in [2.75, 3.05) is 13.1 Å². The molecule has 1 aliphatic carbocycles. The molecule has 0 aromatic heterocycles. The normalized spacial score (nSPS) is 35.5. The fraction of sp³-hybridized carbons (Fsp3) is 0.909. The minimum absolute atomic E-state index is 0.203. The second-order valence-electron chi connectivity index (χ2n) is 5.43. The largest absolute Gasteiger partial charge is 0.341 e. The second-order valence-corrected chi connectivity index (χ2v) is 5.43. The first-order valence-electron chi connectivity index (χ1n) is 5.55. The Kier molecular flexibility index (Phi) is 2.30. The van der Waals surface area contributed by atoms with E-state index in [-0.39, 0.29) is 17.4 Å². The number of hydrogen-bond donors (Lipinski definition) is 1. The van der Waals surface area contributed by atoms with Crippen LogP contribution in [0.2, 0.25) is 0 Å². The lowest BCUT2D eigenvalue weighted by Crippen LogP contribution is -2.46. The number of carbonyl (C=O) groups excluding carboxylic acids is 1. The zero-order chi connectivity index (χ0) is 10.3. The van der Waals surface area contributed by atoms with Crippen molar-refractivity contribution in [3.63, 3.8) is 0 Å². The molecular weight excluding hydrogens is 176 g/mol. The number of hydrogen-bond acceptors (Lipinski definition) is 2. The summed E-state index contributed by atoms with van der Waals surface area (Å²) in [6.07, 6.45) is 3.19. The van der Waals surface area contributed by atoms with Crippen LogP contribution >= 0.6 is 0 Å². The molecule has 0 spiro atoms. The van der Waals surface area contributed by atoms with Crippen LogP contribution in [0, 0.1) is 11.3 Å². The van der Waals surface area contributed by atoms with Gasteiger partial charge in [-0.3, -0.25) is 4.79 Å². The van der Waals surface area contributed by atoms with Crippen molar-refractivity contribution in [3.05, 3.63) is 0 Å². The fourth-order valence-corrected chi connectivity index (χ4v) is 2.32. The maximum Gasteiger partial charge on any atom is 0.226 e. The molecule has 3 nitrogen and oxygen atoms in total. The molecule has 1 amide bonds. The quantitative estimate of drug-likeness (QED) is 0.679. The summed E-state index contributed by atoms with van der Waals surface area (Å²) in [4.78, 5) is 14.0. The summed E-state index contributed by atoms with van der Waals surface area (Å²) in [5.74, 6) is 0.609. The summed E-state index contributed by atoms with van der Waals surface area (Å²) in [7, 11) is 0. The smallest absolute Gasteiger partial charge is 0.226 e. The number of amides is 1. The highest BCUT2D eigenvalue weighted by molar-refractivity contribution is 5.82. The van der Waals surface area contributed by atoms with Crippen LogP contribution in [0.4, 0.5) is 0 Å². The molecule has 2 rings (SSSR count). The van der Waals surface area contributed by atoms with Gasteiger partial charge in [-0.2, -0.15) is 0 Å². The van der Waals surface area contributed by atoms with Gasteiger partial charge < -0.3 is 10.6 Å². The number of nitrogens with zero attached hydrogens (tertiary/aromatic N) is 1. The van der Waals surface area contributed by atoms with Crippen LogP contribution in [0.25, 0.3) is 0 Å². The molecular formula is C11H20N2O. The van der Waals surface area contributed by atoms with E-state index in [1.807, 2.05) is 4.90 Å². The average molecular weight is 196 g/mol. The molecule has 1 aliphatic heterocycles. The first-order chi connectivity index (χ1) is 6.50. The van der Waals surface area contributed by atoms with Gasteiger partial charge in [0, 0.05) is 25.0 Å². The second kappa shape index (κ2) is 3.23. The standard InChI is InChI=1S/C11H20N2O/c1-11(2)6-9(11)10(14)13-5-3-4-8(12)7-13/h8-9H,3-7,12H2,1-2H3. The maximum atomic E-state index is 12.0. The lowest BCUT2D eigenvalue weighted by molar-refractivity contribution is -0.134. The SMILES string of the molecule is CC1(C)CC1C(=O)N1CCCC(N)C1. The lowest BCUT2D eigenvalue weighted by atomic mass is 10.0. The number of nitrogens with two attached hydrogens (primary N) is 1. The molecule has 14 heavy (non-hydrogen) atoms. The number of carbonyl (C=O) groups is 1. The van der Waals surface area contributed by atoms with Gasteiger partial charge in [0.2, 0.25) is 5.91 Å². The minimum atomic E-state index is 0.203. The molecule has 0 aromatic rings. The van der Waals surface area contributed by atoms with E-state index < -0.39 is 0 Å². The van der Waals surface area contributed by atoms with Gasteiger partial charge in [-0.05, 0) is 24.7 Å². The Balaban J connectivity index is 1.92. The third kappa shape index (κ3) is 1.78. The summed E-state index contributed by atoms with van der Waals surface area (Å²) in [6, 6.07) is 0.203. The van der Waals surface area contributed by atoms with Crippen LogP contribution in [0.1, 0.15) is 33.1 Å². The molecule has 1 saturated carbocycles. The molecule has 0 bridgehead atoms. The van der Waals surface area contributed by atoms with Gasteiger partial charge in [0.15, 0.2) is 0 Å². The van der Waals surface area contributed by atoms with Crippen LogP contribution in [0.15, 0.2) is 0 Å². The minimum Gasteiger partial charge on any atom is -0.341 e. The van der Waals surface area contributed by atoms with Crippen molar-refractivity contribution in [2.24, 2.45) is 17.1 Å². The topological polar surface area (TPSA) is 46.3 Å². The summed E-state index contributed by atoms with van der Waals surface area (Å²) >= 11 is 0. The molecule has 0 radical (unpaired) electrons. The van der Waals surface area contributed by atoms with Gasteiger partial charge in [0.25, 0.3) is 0 Å². The summed E-state index contributed by atoms with van der Waals surface area (Å²) in [5, 5.41) is 0. The van der Waals surface area contributed by atoms with E-state index in [2.05, 4.69) is 13.8 Å². The fourth-order valence-electron chi connectivity index (χ4n) is 2.32. The Labute approximate surface area is 85.6 Å². The highest BCUT2D eigenvalue weighted by Gasteiger charge is 2.52. The highest BCUT2D eigenvalue weighted by Crippen LogP contribution is 2.52. The first-order valence-corrected chi connectivity index (χ1v) is 5.55. The van der Waals surface area contributed by atoms with Gasteiger partial charge in [-0.1, -0.05) is 13.8 Å². The molecule has 1 saturated heterocycles. The summed E-state index contributed by atoms with van der Waals surface area (Å²) < 4.78 is 0. The van der Waals surface area contributed by atoms with E-state index in [0.29, 0.717) is 5.91 Å². The maximum absolute atomic E-state index is 12.0. The van der Waals surface area contributed by atoms with E-state index in [1.54, 1.807) is 0 Å².